The summed E-state index contributed by atoms with van der Waals surface area (Å²) in [5.74, 6) is 0.987. The third-order valence-corrected chi connectivity index (χ3v) is 5.01. The first-order valence-electron chi connectivity index (χ1n) is 9.78. The van der Waals surface area contributed by atoms with E-state index in [1.54, 1.807) is 7.11 Å². The van der Waals surface area contributed by atoms with Gasteiger partial charge < -0.3 is 19.3 Å². The van der Waals surface area contributed by atoms with E-state index in [1.807, 2.05) is 60.4 Å². The van der Waals surface area contributed by atoms with Gasteiger partial charge in [-0.3, -0.25) is 4.79 Å². The van der Waals surface area contributed by atoms with E-state index in [2.05, 4.69) is 14.9 Å². The van der Waals surface area contributed by atoms with Crippen molar-refractivity contribution in [3.05, 3.63) is 54.2 Å². The Labute approximate surface area is 169 Å². The lowest BCUT2D eigenvalue weighted by Gasteiger charge is -2.36. The van der Waals surface area contributed by atoms with Crippen LogP contribution in [0, 0.1) is 0 Å². The molecule has 1 saturated heterocycles. The number of anilines is 1. The number of benzene rings is 2. The Hall–Kier alpha value is -3.35. The van der Waals surface area contributed by atoms with Crippen LogP contribution in [0.1, 0.15) is 17.4 Å². The molecule has 2 heterocycles. The van der Waals surface area contributed by atoms with Gasteiger partial charge in [0.15, 0.2) is 5.69 Å². The molecule has 0 bridgehead atoms. The zero-order chi connectivity index (χ0) is 20.2. The van der Waals surface area contributed by atoms with Gasteiger partial charge in [0.25, 0.3) is 5.91 Å². The van der Waals surface area contributed by atoms with Gasteiger partial charge in [-0.25, -0.2) is 9.97 Å². The van der Waals surface area contributed by atoms with Crippen molar-refractivity contribution >= 4 is 22.6 Å². The van der Waals surface area contributed by atoms with E-state index >= 15 is 0 Å². The number of amides is 1. The molecule has 1 amide bonds. The number of carbonyl (C=O) groups excluding carboxylic acids is 1. The van der Waals surface area contributed by atoms with Gasteiger partial charge in [0.1, 0.15) is 5.75 Å². The maximum atomic E-state index is 13.2. The molecule has 3 aromatic rings. The van der Waals surface area contributed by atoms with E-state index in [9.17, 15) is 4.79 Å². The molecule has 0 saturated carbocycles. The number of nitrogens with zero attached hydrogens (tertiary/aromatic N) is 4. The van der Waals surface area contributed by atoms with Crippen LogP contribution >= 0.6 is 0 Å². The van der Waals surface area contributed by atoms with Crippen LogP contribution in [0.2, 0.25) is 0 Å². The molecule has 0 atom stereocenters. The summed E-state index contributed by atoms with van der Waals surface area (Å²) >= 11 is 0. The molecule has 1 fully saturated rings. The van der Waals surface area contributed by atoms with Gasteiger partial charge in [-0.05, 0) is 31.2 Å². The highest BCUT2D eigenvalue weighted by molar-refractivity contribution is 5.96. The van der Waals surface area contributed by atoms with Gasteiger partial charge in [-0.2, -0.15) is 0 Å². The molecule has 2 aromatic carbocycles. The van der Waals surface area contributed by atoms with Crippen LogP contribution in [0.4, 0.5) is 5.69 Å². The number of hydrogen-bond donors (Lipinski definition) is 0. The number of para-hydroxylation sites is 4. The molecule has 150 valence electrons. The molecule has 4 rings (SSSR count). The highest BCUT2D eigenvalue weighted by atomic mass is 16.5. The second-order valence-corrected chi connectivity index (χ2v) is 6.75. The van der Waals surface area contributed by atoms with Crippen molar-refractivity contribution in [1.29, 1.82) is 0 Å². The molecule has 0 N–H and O–H groups in total. The van der Waals surface area contributed by atoms with Gasteiger partial charge in [-0.1, -0.05) is 24.3 Å². The van der Waals surface area contributed by atoms with E-state index in [0.29, 0.717) is 36.6 Å². The van der Waals surface area contributed by atoms with Gasteiger partial charge in [0.05, 0.1) is 30.4 Å². The Morgan fingerprint density at radius 2 is 1.62 bits per heavy atom. The first-order chi connectivity index (χ1) is 14.2. The van der Waals surface area contributed by atoms with E-state index in [0.717, 1.165) is 24.5 Å². The smallest absolute Gasteiger partial charge is 0.278 e. The van der Waals surface area contributed by atoms with Crippen LogP contribution in [0.3, 0.4) is 0 Å². The van der Waals surface area contributed by atoms with E-state index in [1.165, 1.54) is 0 Å². The molecule has 0 spiro atoms. The Balaban J connectivity index is 1.54. The number of rotatable bonds is 5. The van der Waals surface area contributed by atoms with Crippen molar-refractivity contribution in [2.24, 2.45) is 0 Å². The summed E-state index contributed by atoms with van der Waals surface area (Å²) in [5, 5.41) is 0. The van der Waals surface area contributed by atoms with Crippen molar-refractivity contribution in [3.63, 3.8) is 0 Å². The Morgan fingerprint density at radius 3 is 2.31 bits per heavy atom. The molecule has 0 aliphatic carbocycles. The minimum Gasteiger partial charge on any atom is -0.495 e. The van der Waals surface area contributed by atoms with E-state index in [-0.39, 0.29) is 11.6 Å². The lowest BCUT2D eigenvalue weighted by Crippen LogP contribution is -2.49. The molecule has 29 heavy (non-hydrogen) atoms. The van der Waals surface area contributed by atoms with Crippen molar-refractivity contribution in [2.75, 3.05) is 44.8 Å². The SMILES string of the molecule is CCOc1nc2ccccc2nc1C(=O)N1CCN(c2ccccc2OC)CC1. The maximum Gasteiger partial charge on any atom is 0.278 e. The number of ether oxygens (including phenoxy) is 2. The largest absolute Gasteiger partial charge is 0.495 e. The number of piperazine rings is 1. The molecule has 0 radical (unpaired) electrons. The molecule has 7 nitrogen and oxygen atoms in total. The standard InChI is InChI=1S/C22H24N4O3/c1-3-29-21-20(23-16-8-4-5-9-17(16)24-21)22(27)26-14-12-25(13-15-26)18-10-6-7-11-19(18)28-2/h4-11H,3,12-15H2,1-2H3. The van der Waals surface area contributed by atoms with Crippen molar-refractivity contribution < 1.29 is 14.3 Å². The molecule has 0 unspecified atom stereocenters. The minimum absolute atomic E-state index is 0.147. The predicted octanol–water partition coefficient (Wildman–Crippen LogP) is 3.00. The Kier molecular flexibility index (Phi) is 5.46. The normalized spacial score (nSPS) is 14.1. The highest BCUT2D eigenvalue weighted by Gasteiger charge is 2.27. The lowest BCUT2D eigenvalue weighted by molar-refractivity contribution is 0.0735. The monoisotopic (exact) mass is 392 g/mol. The maximum absolute atomic E-state index is 13.2. The van der Waals surface area contributed by atoms with Crippen LogP contribution in [0.5, 0.6) is 11.6 Å². The average molecular weight is 392 g/mol. The summed E-state index contributed by atoms with van der Waals surface area (Å²) in [6.45, 7) is 4.92. The fourth-order valence-corrected chi connectivity index (χ4v) is 3.55. The van der Waals surface area contributed by atoms with E-state index in [4.69, 9.17) is 9.47 Å². The van der Waals surface area contributed by atoms with Crippen LogP contribution in [0.15, 0.2) is 48.5 Å². The predicted molar refractivity (Wildman–Crippen MR) is 112 cm³/mol. The number of methoxy groups -OCH3 is 1. The van der Waals surface area contributed by atoms with Gasteiger partial charge in [0, 0.05) is 26.2 Å². The fraction of sp³-hybridized carbons (Fsp3) is 0.318. The van der Waals surface area contributed by atoms with Crippen molar-refractivity contribution in [2.45, 2.75) is 6.92 Å². The summed E-state index contributed by atoms with van der Waals surface area (Å²) < 4.78 is 11.1. The average Bonchev–Trinajstić information content (AvgIpc) is 2.78. The zero-order valence-corrected chi connectivity index (χ0v) is 16.7. The summed E-state index contributed by atoms with van der Waals surface area (Å²) in [7, 11) is 1.67. The third kappa shape index (κ3) is 3.81. The molecule has 7 heteroatoms. The highest BCUT2D eigenvalue weighted by Crippen LogP contribution is 2.29. The van der Waals surface area contributed by atoms with Crippen LogP contribution < -0.4 is 14.4 Å². The number of fused-ring (bicyclic) bond motifs is 1. The summed E-state index contributed by atoms with van der Waals surface area (Å²) in [5.41, 5.74) is 2.72. The minimum atomic E-state index is -0.147. The first kappa shape index (κ1) is 19.0. The van der Waals surface area contributed by atoms with Gasteiger partial charge >= 0.3 is 0 Å². The molecule has 1 aliphatic rings. The molecule has 1 aromatic heterocycles. The van der Waals surface area contributed by atoms with Crippen molar-refractivity contribution in [1.82, 2.24) is 14.9 Å². The van der Waals surface area contributed by atoms with Gasteiger partial charge in [-0.15, -0.1) is 0 Å². The molecular weight excluding hydrogens is 368 g/mol. The topological polar surface area (TPSA) is 67.8 Å². The molecule has 1 aliphatic heterocycles. The van der Waals surface area contributed by atoms with E-state index < -0.39 is 0 Å². The van der Waals surface area contributed by atoms with Crippen LogP contribution in [-0.2, 0) is 0 Å². The second kappa shape index (κ2) is 8.34. The fourth-order valence-electron chi connectivity index (χ4n) is 3.55. The third-order valence-electron chi connectivity index (χ3n) is 5.01. The lowest BCUT2D eigenvalue weighted by atomic mass is 10.2. The van der Waals surface area contributed by atoms with Crippen LogP contribution in [-0.4, -0.2) is 60.7 Å². The Bertz CT molecular complexity index is 1020. The van der Waals surface area contributed by atoms with Crippen molar-refractivity contribution in [3.8, 4) is 11.6 Å². The summed E-state index contributed by atoms with van der Waals surface area (Å²) in [6, 6.07) is 15.4. The Morgan fingerprint density at radius 1 is 0.966 bits per heavy atom. The number of hydrogen-bond acceptors (Lipinski definition) is 6. The molecular formula is C22H24N4O3. The van der Waals surface area contributed by atoms with Gasteiger partial charge in [0.2, 0.25) is 5.88 Å². The summed E-state index contributed by atoms with van der Waals surface area (Å²) in [4.78, 5) is 26.3. The quantitative estimate of drug-likeness (QED) is 0.665. The number of aromatic nitrogens is 2. The zero-order valence-electron chi connectivity index (χ0n) is 16.7. The summed E-state index contributed by atoms with van der Waals surface area (Å²) in [6.07, 6.45) is 0. The second-order valence-electron chi connectivity index (χ2n) is 6.75. The first-order valence-corrected chi connectivity index (χ1v) is 9.78. The van der Waals surface area contributed by atoms with Crippen LogP contribution in [0.25, 0.3) is 11.0 Å². The number of carbonyl (C=O) groups is 1.